The lowest BCUT2D eigenvalue weighted by molar-refractivity contribution is -0.909. The summed E-state index contributed by atoms with van der Waals surface area (Å²) in [6, 6.07) is 6.59. The molecule has 1 unspecified atom stereocenters. The average Bonchev–Trinajstić information content (AvgIpc) is 2.75. The summed E-state index contributed by atoms with van der Waals surface area (Å²) in [6.07, 6.45) is 3.06. The smallest absolute Gasteiger partial charge is 0.340 e. The number of benzene rings is 1. The van der Waals surface area contributed by atoms with E-state index in [0.717, 1.165) is 25.8 Å². The van der Waals surface area contributed by atoms with Crippen LogP contribution in [-0.2, 0) is 13.0 Å². The molecule has 4 rings (SSSR count). The van der Waals surface area contributed by atoms with Crippen molar-refractivity contribution in [2.45, 2.75) is 38.8 Å². The monoisotopic (exact) mass is 272 g/mol. The fourth-order valence-corrected chi connectivity index (χ4v) is 3.90. The second kappa shape index (κ2) is 3.98. The average molecular weight is 272 g/mol. The molecule has 0 spiro atoms. The number of nitrogens with zero attached hydrogens (tertiary/aromatic N) is 3. The van der Waals surface area contributed by atoms with Crippen LogP contribution in [0.15, 0.2) is 18.2 Å². The summed E-state index contributed by atoms with van der Waals surface area (Å²) in [5.41, 5.74) is 5.13. The third-order valence-corrected chi connectivity index (χ3v) is 4.72. The number of rotatable bonds is 1. The van der Waals surface area contributed by atoms with Gasteiger partial charge in [0, 0.05) is 17.4 Å². The number of fused-ring (bicyclic) bond motifs is 3. The molecule has 104 valence electrons. The molecule has 1 aromatic heterocycles. The molecule has 5 nitrogen and oxygen atoms in total. The van der Waals surface area contributed by atoms with Gasteiger partial charge in [0.15, 0.2) is 0 Å². The predicted octanol–water partition coefficient (Wildman–Crippen LogP) is 2.73. The van der Waals surface area contributed by atoms with Gasteiger partial charge in [-0.2, -0.15) is 0 Å². The Balaban J connectivity index is 2.00. The maximum Gasteiger partial charge on any atom is 0.357 e. The van der Waals surface area contributed by atoms with E-state index in [1.165, 1.54) is 27.7 Å². The Morgan fingerprint density at radius 1 is 1.35 bits per heavy atom. The van der Waals surface area contributed by atoms with Gasteiger partial charge in [-0.05, 0) is 43.9 Å². The van der Waals surface area contributed by atoms with Crippen molar-refractivity contribution in [3.05, 3.63) is 39.9 Å². The van der Waals surface area contributed by atoms with Crippen LogP contribution in [0.3, 0.4) is 0 Å². The summed E-state index contributed by atoms with van der Waals surface area (Å²) in [5.74, 6) is 0. The largest absolute Gasteiger partial charge is 0.357 e. The Bertz CT molecular complexity index is 719. The van der Waals surface area contributed by atoms with Crippen molar-refractivity contribution >= 4 is 10.9 Å². The Kier molecular flexibility index (Phi) is 2.34. The summed E-state index contributed by atoms with van der Waals surface area (Å²) in [7, 11) is 0. The topological polar surface area (TPSA) is 48.5 Å². The first-order valence-electron chi connectivity index (χ1n) is 7.21. The highest BCUT2D eigenvalue weighted by Gasteiger charge is 2.41. The van der Waals surface area contributed by atoms with E-state index >= 15 is 0 Å². The Labute approximate surface area is 116 Å². The van der Waals surface area contributed by atoms with Crippen molar-refractivity contribution in [2.75, 3.05) is 6.54 Å². The third-order valence-electron chi connectivity index (χ3n) is 4.72. The first kappa shape index (κ1) is 11.8. The van der Waals surface area contributed by atoms with Gasteiger partial charge >= 0.3 is 5.03 Å². The summed E-state index contributed by atoms with van der Waals surface area (Å²) in [4.78, 5) is 11.4. The molecule has 0 saturated heterocycles. The molecule has 1 aromatic carbocycles. The molecule has 0 amide bonds. The van der Waals surface area contributed by atoms with E-state index in [9.17, 15) is 10.1 Å². The number of aromatic nitrogens is 1. The van der Waals surface area contributed by atoms with Crippen LogP contribution < -0.4 is 0 Å². The standard InChI is InChI=1S/C15H18N3O2/c1-10-5-6-13-12(9-10)11-3-2-4-14-15(11)16(13)7-8-17(14)18(19)20/h5-6,9,14H,2-4,7-8H2,1H3,(H,19,20)/q+1. The third kappa shape index (κ3) is 1.43. The predicted molar refractivity (Wildman–Crippen MR) is 74.5 cm³/mol. The van der Waals surface area contributed by atoms with Crippen LogP contribution >= 0.6 is 0 Å². The fourth-order valence-electron chi connectivity index (χ4n) is 3.90. The normalized spacial score (nSPS) is 21.1. The number of hydrogen-bond acceptors (Lipinski definition) is 1. The van der Waals surface area contributed by atoms with Crippen LogP contribution in [0, 0.1) is 11.8 Å². The summed E-state index contributed by atoms with van der Waals surface area (Å²) in [5, 5.41) is 12.2. The molecule has 2 heterocycles. The van der Waals surface area contributed by atoms with Crippen LogP contribution in [-0.4, -0.2) is 26.4 Å². The van der Waals surface area contributed by atoms with Crippen LogP contribution in [0.1, 0.15) is 35.7 Å². The van der Waals surface area contributed by atoms with Crippen molar-refractivity contribution in [2.24, 2.45) is 0 Å². The molecule has 1 aliphatic heterocycles. The van der Waals surface area contributed by atoms with Crippen molar-refractivity contribution in [1.29, 1.82) is 0 Å². The van der Waals surface area contributed by atoms with E-state index in [4.69, 9.17) is 0 Å². The molecule has 5 heteroatoms. The molecular formula is C15H18N3O2+. The zero-order valence-corrected chi connectivity index (χ0v) is 11.5. The molecule has 2 aliphatic rings. The van der Waals surface area contributed by atoms with Crippen molar-refractivity contribution in [3.8, 4) is 0 Å². The Morgan fingerprint density at radius 3 is 3.00 bits per heavy atom. The molecule has 0 radical (unpaired) electrons. The van der Waals surface area contributed by atoms with E-state index in [2.05, 4.69) is 29.7 Å². The second-order valence-corrected chi connectivity index (χ2v) is 5.86. The minimum atomic E-state index is 0.0164. The van der Waals surface area contributed by atoms with Gasteiger partial charge in [-0.15, -0.1) is 0 Å². The van der Waals surface area contributed by atoms with E-state index < -0.39 is 0 Å². The maximum atomic E-state index is 11.4. The molecular weight excluding hydrogens is 254 g/mol. The van der Waals surface area contributed by atoms with Crippen LogP contribution in [0.5, 0.6) is 0 Å². The quantitative estimate of drug-likeness (QED) is 0.812. The van der Waals surface area contributed by atoms with Crippen molar-refractivity contribution in [3.63, 3.8) is 0 Å². The number of hydrogen-bond donors (Lipinski definition) is 1. The highest BCUT2D eigenvalue weighted by molar-refractivity contribution is 5.87. The van der Waals surface area contributed by atoms with Gasteiger partial charge < -0.3 is 4.57 Å². The molecule has 20 heavy (non-hydrogen) atoms. The van der Waals surface area contributed by atoms with E-state index in [1.54, 1.807) is 5.01 Å². The SMILES string of the molecule is Cc1ccc2c(c1)c1c3n2CCN([N+](=O)O)C3CCC1. The van der Waals surface area contributed by atoms with Gasteiger partial charge in [0.25, 0.3) is 0 Å². The Hall–Kier alpha value is -2.04. The summed E-state index contributed by atoms with van der Waals surface area (Å²) in [6.45, 7) is 3.43. The van der Waals surface area contributed by atoms with Gasteiger partial charge in [-0.1, -0.05) is 16.6 Å². The van der Waals surface area contributed by atoms with E-state index in [1.807, 2.05) is 0 Å². The van der Waals surface area contributed by atoms with Gasteiger partial charge in [-0.3, -0.25) is 0 Å². The first-order valence-corrected chi connectivity index (χ1v) is 7.21. The van der Waals surface area contributed by atoms with Crippen LogP contribution in [0.25, 0.3) is 10.9 Å². The first-order chi connectivity index (χ1) is 9.66. The molecule has 1 atom stereocenters. The number of hydrazine groups is 1. The lowest BCUT2D eigenvalue weighted by Gasteiger charge is -2.32. The molecule has 1 N–H and O–H groups in total. The molecule has 1 aliphatic carbocycles. The number of aryl methyl sites for hydroxylation is 2. The van der Waals surface area contributed by atoms with E-state index in [-0.39, 0.29) is 11.1 Å². The van der Waals surface area contributed by atoms with Gasteiger partial charge in [0.2, 0.25) is 0 Å². The van der Waals surface area contributed by atoms with Crippen molar-refractivity contribution in [1.82, 2.24) is 9.58 Å². The lowest BCUT2D eigenvalue weighted by atomic mass is 9.90. The maximum absolute atomic E-state index is 11.4. The van der Waals surface area contributed by atoms with Gasteiger partial charge in [0.1, 0.15) is 17.5 Å². The summed E-state index contributed by atoms with van der Waals surface area (Å²) < 4.78 is 2.34. The lowest BCUT2D eigenvalue weighted by Crippen LogP contribution is -2.43. The molecule has 0 saturated carbocycles. The van der Waals surface area contributed by atoms with Crippen LogP contribution in [0.4, 0.5) is 0 Å². The zero-order valence-electron chi connectivity index (χ0n) is 11.5. The summed E-state index contributed by atoms with van der Waals surface area (Å²) >= 11 is 0. The zero-order chi connectivity index (χ0) is 13.9. The van der Waals surface area contributed by atoms with Gasteiger partial charge in [-0.25, -0.2) is 5.21 Å². The highest BCUT2D eigenvalue weighted by atomic mass is 16.7. The highest BCUT2D eigenvalue weighted by Crippen LogP contribution is 2.42. The fraction of sp³-hybridized carbons (Fsp3) is 0.467. The molecule has 0 fully saturated rings. The minimum Gasteiger partial charge on any atom is -0.340 e. The van der Waals surface area contributed by atoms with Crippen molar-refractivity contribution < 1.29 is 10.2 Å². The Morgan fingerprint density at radius 2 is 2.20 bits per heavy atom. The molecule has 2 aromatic rings. The van der Waals surface area contributed by atoms with E-state index in [0.29, 0.717) is 6.54 Å². The van der Waals surface area contributed by atoms with Crippen LogP contribution in [0.2, 0.25) is 0 Å². The molecule has 0 bridgehead atoms. The van der Waals surface area contributed by atoms with Gasteiger partial charge in [0.05, 0.1) is 5.69 Å². The minimum absolute atomic E-state index is 0.0164. The second-order valence-electron chi connectivity index (χ2n) is 5.86.